The third-order valence-electron chi connectivity index (χ3n) is 3.69. The van der Waals surface area contributed by atoms with Gasteiger partial charge in [0.1, 0.15) is 42.8 Å². The van der Waals surface area contributed by atoms with Gasteiger partial charge in [0, 0.05) is 66.0 Å². The molecule has 0 unspecified atom stereocenters. The van der Waals surface area contributed by atoms with Crippen LogP contribution in [0, 0.1) is 0 Å². The van der Waals surface area contributed by atoms with Gasteiger partial charge >= 0.3 is 16.4 Å². The Kier molecular flexibility index (Phi) is 15.9. The predicted octanol–water partition coefficient (Wildman–Crippen LogP) is -5.10. The van der Waals surface area contributed by atoms with Crippen LogP contribution in [0.2, 0.25) is 0 Å². The summed E-state index contributed by atoms with van der Waals surface area (Å²) in [6, 6.07) is -1.72. The average Bonchev–Trinajstić information content (AvgIpc) is 2.63. The molecule has 0 saturated carbocycles. The van der Waals surface area contributed by atoms with Crippen LogP contribution >= 0.6 is 0 Å². The number of carboxylic acid groups (broad SMARTS) is 1. The molecule has 7 atom stereocenters. The molecule has 2 radical (unpaired) electrons. The standard InChI is InChI=1S/C14H21NO14S.2Na/c1-5(17)15-6(3-16)12(10(20)8(19)4-27-30(24,25)26)29-14-11(21)7(18)2-9(28-14)13(22)23;;/h2-3,6-8,10-12,14,18-21H,4H2,1H3,(H,15,17)(H,22,23)(H,24,25,26);;/t6-,7-,8+,10-,11+,12+,14-;;/m0../s1. The number of hydrogen-bond donors (Lipinski definition) is 7. The molecule has 0 aliphatic carbocycles. The maximum Gasteiger partial charge on any atom is 0.397 e. The second-order valence-electron chi connectivity index (χ2n) is 6.04. The number of nitrogens with one attached hydrogen (secondary N) is 1. The minimum absolute atomic E-state index is 0. The van der Waals surface area contributed by atoms with Gasteiger partial charge in [-0.1, -0.05) is 0 Å². The zero-order valence-electron chi connectivity index (χ0n) is 17.3. The van der Waals surface area contributed by atoms with Gasteiger partial charge in [-0.05, 0) is 6.08 Å². The van der Waals surface area contributed by atoms with Gasteiger partial charge in [0.05, 0.1) is 6.61 Å². The summed E-state index contributed by atoms with van der Waals surface area (Å²) in [5.74, 6) is -3.29. The summed E-state index contributed by atoms with van der Waals surface area (Å²) in [5.41, 5.74) is 0. The zero-order chi connectivity index (χ0) is 23.2. The molecule has 0 saturated heterocycles. The number of aliphatic carboxylic acids is 1. The number of aliphatic hydroxyl groups excluding tert-OH is 4. The first-order chi connectivity index (χ1) is 13.8. The number of aldehydes is 1. The third kappa shape index (κ3) is 10.8. The molecule has 0 aromatic carbocycles. The van der Waals surface area contributed by atoms with E-state index in [4.69, 9.17) is 19.1 Å². The van der Waals surface area contributed by atoms with E-state index in [-0.39, 0.29) is 65.4 Å². The molecule has 7 N–H and O–H groups in total. The van der Waals surface area contributed by atoms with Crippen molar-refractivity contribution in [2.24, 2.45) is 0 Å². The second kappa shape index (κ2) is 14.9. The monoisotopic (exact) mass is 505 g/mol. The van der Waals surface area contributed by atoms with Crippen LogP contribution in [0.5, 0.6) is 0 Å². The number of carboxylic acids is 1. The predicted molar refractivity (Wildman–Crippen MR) is 102 cm³/mol. The van der Waals surface area contributed by atoms with E-state index in [9.17, 15) is 43.2 Å². The van der Waals surface area contributed by atoms with Crippen molar-refractivity contribution < 1.29 is 66.5 Å². The molecule has 1 aliphatic rings. The van der Waals surface area contributed by atoms with Crippen LogP contribution in [0.25, 0.3) is 0 Å². The smallest absolute Gasteiger partial charge is 0.397 e. The van der Waals surface area contributed by atoms with Crippen LogP contribution in [0.15, 0.2) is 11.8 Å². The van der Waals surface area contributed by atoms with Gasteiger partial charge < -0.3 is 45.1 Å². The molecule has 174 valence electrons. The van der Waals surface area contributed by atoms with Crippen molar-refractivity contribution in [3.05, 3.63) is 11.8 Å². The largest absolute Gasteiger partial charge is 0.475 e. The summed E-state index contributed by atoms with van der Waals surface area (Å²) in [4.78, 5) is 33.7. The number of hydrogen-bond acceptors (Lipinski definition) is 12. The van der Waals surface area contributed by atoms with E-state index < -0.39 is 77.5 Å². The quantitative estimate of drug-likeness (QED) is 0.0789. The number of rotatable bonds is 11. The van der Waals surface area contributed by atoms with Gasteiger partial charge in [-0.3, -0.25) is 9.35 Å². The minimum Gasteiger partial charge on any atom is -0.475 e. The van der Waals surface area contributed by atoms with Crippen molar-refractivity contribution in [1.82, 2.24) is 5.32 Å². The Labute approximate surface area is 226 Å². The van der Waals surface area contributed by atoms with Crippen molar-refractivity contribution >= 4 is 87.7 Å². The van der Waals surface area contributed by atoms with Crippen molar-refractivity contribution in [1.29, 1.82) is 0 Å². The average molecular weight is 505 g/mol. The first kappa shape index (κ1) is 34.0. The van der Waals surface area contributed by atoms with Gasteiger partial charge in [-0.2, -0.15) is 8.42 Å². The normalized spacial score (nSPS) is 24.2. The van der Waals surface area contributed by atoms with Gasteiger partial charge in [-0.25, -0.2) is 8.98 Å². The van der Waals surface area contributed by atoms with Gasteiger partial charge in [0.15, 0.2) is 0 Å². The van der Waals surface area contributed by atoms with Crippen LogP contribution in [-0.4, -0.2) is 165 Å². The number of carbonyl (C=O) groups excluding carboxylic acids is 2. The first-order valence-electron chi connectivity index (χ1n) is 8.10. The zero-order valence-corrected chi connectivity index (χ0v) is 22.1. The maximum absolute atomic E-state index is 11.4. The molecular weight excluding hydrogens is 484 g/mol. The number of aliphatic hydroxyl groups is 4. The summed E-state index contributed by atoms with van der Waals surface area (Å²) in [5, 5.41) is 50.9. The first-order valence-corrected chi connectivity index (χ1v) is 9.47. The topological polar surface area (TPSA) is 246 Å². The van der Waals surface area contributed by atoms with Crippen LogP contribution < -0.4 is 5.32 Å². The fourth-order valence-electron chi connectivity index (χ4n) is 2.31. The molecule has 0 aromatic heterocycles. The molecule has 0 aromatic rings. The Morgan fingerprint density at radius 2 is 1.84 bits per heavy atom. The fraction of sp³-hybridized carbons (Fsp3) is 0.643. The van der Waals surface area contributed by atoms with Crippen LogP contribution in [0.1, 0.15) is 6.92 Å². The summed E-state index contributed by atoms with van der Waals surface area (Å²) >= 11 is 0. The van der Waals surface area contributed by atoms with Crippen LogP contribution in [-0.2, 0) is 38.4 Å². The number of amides is 1. The van der Waals surface area contributed by atoms with Crippen molar-refractivity contribution in [3.8, 4) is 0 Å². The fourth-order valence-corrected chi connectivity index (χ4v) is 2.62. The third-order valence-corrected chi connectivity index (χ3v) is 4.12. The Morgan fingerprint density at radius 1 is 1.28 bits per heavy atom. The number of ether oxygens (including phenoxy) is 2. The van der Waals surface area contributed by atoms with Gasteiger partial charge in [0.2, 0.25) is 18.0 Å². The summed E-state index contributed by atoms with van der Waals surface area (Å²) < 4.78 is 43.7. The summed E-state index contributed by atoms with van der Waals surface area (Å²) in [7, 11) is -5.00. The molecular formula is C14H21NNa2O14S. The second-order valence-corrected chi connectivity index (χ2v) is 7.13. The van der Waals surface area contributed by atoms with E-state index in [1.165, 1.54) is 0 Å². The molecule has 0 spiro atoms. The molecule has 15 nitrogen and oxygen atoms in total. The van der Waals surface area contributed by atoms with Crippen molar-refractivity contribution in [2.75, 3.05) is 6.61 Å². The SMILES string of the molecule is CC(=O)N[C@@H](C=O)[C@@H](O[C@@H]1OC(C(=O)O)=C[C@H](O)[C@H]1O)[C@@H](O)[C@H](O)COS(=O)(=O)O.[Na].[Na]. The van der Waals surface area contributed by atoms with E-state index in [1.54, 1.807) is 0 Å². The Hall–Kier alpha value is -0.180. The van der Waals surface area contributed by atoms with Gasteiger partial charge in [0.25, 0.3) is 0 Å². The minimum atomic E-state index is -5.00. The summed E-state index contributed by atoms with van der Waals surface area (Å²) in [6.45, 7) is -0.221. The molecule has 1 aliphatic heterocycles. The summed E-state index contributed by atoms with van der Waals surface area (Å²) in [6.07, 6.45) is -11.3. The van der Waals surface area contributed by atoms with E-state index >= 15 is 0 Å². The van der Waals surface area contributed by atoms with E-state index in [1.807, 2.05) is 5.32 Å². The molecule has 1 amide bonds. The maximum atomic E-state index is 11.4. The van der Waals surface area contributed by atoms with Crippen molar-refractivity contribution in [3.63, 3.8) is 0 Å². The van der Waals surface area contributed by atoms with Crippen LogP contribution in [0.3, 0.4) is 0 Å². The molecule has 32 heavy (non-hydrogen) atoms. The van der Waals surface area contributed by atoms with E-state index in [2.05, 4.69) is 4.18 Å². The molecule has 0 bridgehead atoms. The number of carbonyl (C=O) groups is 3. The molecule has 1 heterocycles. The van der Waals surface area contributed by atoms with E-state index in [0.29, 0.717) is 6.08 Å². The Balaban J connectivity index is 0. The molecule has 1 rings (SSSR count). The van der Waals surface area contributed by atoms with Gasteiger partial charge in [-0.15, -0.1) is 0 Å². The Morgan fingerprint density at radius 3 is 2.28 bits per heavy atom. The van der Waals surface area contributed by atoms with E-state index in [0.717, 1.165) is 6.92 Å². The molecule has 18 heteroatoms. The Bertz CT molecular complexity index is 777. The molecule has 0 fully saturated rings. The van der Waals surface area contributed by atoms with Crippen molar-refractivity contribution in [2.45, 2.75) is 49.8 Å². The van der Waals surface area contributed by atoms with Crippen LogP contribution in [0.4, 0.5) is 0 Å².